The van der Waals surface area contributed by atoms with Crippen LogP contribution in [0.2, 0.25) is 0 Å². The molecule has 1 aromatic carbocycles. The van der Waals surface area contributed by atoms with E-state index in [1.54, 1.807) is 11.0 Å². The van der Waals surface area contributed by atoms with Gasteiger partial charge < -0.3 is 14.4 Å². The number of amides is 1. The first-order valence-corrected chi connectivity index (χ1v) is 10.2. The van der Waals surface area contributed by atoms with Gasteiger partial charge in [-0.15, -0.1) is 0 Å². The molecular weight excluding hydrogens is 375 g/mol. The minimum atomic E-state index is -0.510. The minimum absolute atomic E-state index is 0.108. The summed E-state index contributed by atoms with van der Waals surface area (Å²) in [7, 11) is 1.30. The molecule has 4 rings (SSSR count). The first kappa shape index (κ1) is 20.1. The summed E-state index contributed by atoms with van der Waals surface area (Å²) in [5.41, 5.74) is 1.45. The fourth-order valence-corrected chi connectivity index (χ4v) is 4.93. The van der Waals surface area contributed by atoms with Crippen LogP contribution in [0.1, 0.15) is 55.1 Å². The van der Waals surface area contributed by atoms with E-state index in [0.717, 1.165) is 24.9 Å². The van der Waals surface area contributed by atoms with Crippen LogP contribution in [0, 0.1) is 11.2 Å². The largest absolute Gasteiger partial charge is 0.465 e. The second-order valence-electron chi connectivity index (χ2n) is 9.56. The Bertz CT molecular complexity index is 842. The molecule has 0 aromatic heterocycles. The molecule has 2 aliphatic heterocycles. The van der Waals surface area contributed by atoms with Crippen LogP contribution in [-0.2, 0) is 22.4 Å². The maximum atomic E-state index is 14.7. The van der Waals surface area contributed by atoms with Crippen LogP contribution in [0.15, 0.2) is 12.1 Å². The van der Waals surface area contributed by atoms with Crippen LogP contribution in [-0.4, -0.2) is 60.2 Å². The van der Waals surface area contributed by atoms with Crippen LogP contribution >= 0.6 is 0 Å². The molecule has 2 heterocycles. The van der Waals surface area contributed by atoms with E-state index >= 15 is 0 Å². The third kappa shape index (κ3) is 3.61. The number of fused-ring (bicyclic) bond motifs is 1. The average molecular weight is 404 g/mol. The van der Waals surface area contributed by atoms with Crippen molar-refractivity contribution in [1.29, 1.82) is 0 Å². The molecule has 29 heavy (non-hydrogen) atoms. The third-order valence-corrected chi connectivity index (χ3v) is 6.47. The Morgan fingerprint density at radius 2 is 1.97 bits per heavy atom. The molecule has 6 nitrogen and oxygen atoms in total. The number of hydrogen-bond acceptors (Lipinski definition) is 5. The van der Waals surface area contributed by atoms with E-state index in [9.17, 15) is 14.0 Å². The van der Waals surface area contributed by atoms with Gasteiger partial charge in [0.1, 0.15) is 11.4 Å². The standard InChI is InChI=1S/C22H29FN2O4/c1-21(2,3)29-20(27)25-12-22(13-25)7-5-18(22)24-8-6-14-9-15(19(26)28-4)10-17(23)16(14)11-24/h9-10,18H,5-8,11-13H2,1-4H3. The lowest BCUT2D eigenvalue weighted by atomic mass is 9.58. The number of rotatable bonds is 2. The molecule has 1 saturated heterocycles. The molecule has 1 aromatic rings. The average Bonchev–Trinajstić information content (AvgIpc) is 2.57. The molecule has 1 atom stereocenters. The highest BCUT2D eigenvalue weighted by Gasteiger charge is 2.58. The number of esters is 1. The van der Waals surface area contributed by atoms with Gasteiger partial charge in [0.15, 0.2) is 0 Å². The number of carbonyl (C=O) groups is 2. The minimum Gasteiger partial charge on any atom is -0.465 e. The number of ether oxygens (including phenoxy) is 2. The molecule has 158 valence electrons. The van der Waals surface area contributed by atoms with Crippen LogP contribution in [0.25, 0.3) is 0 Å². The molecule has 7 heteroatoms. The second kappa shape index (κ2) is 6.97. The normalized spacial score (nSPS) is 23.1. The smallest absolute Gasteiger partial charge is 0.410 e. The Labute approximate surface area is 170 Å². The molecule has 2 fully saturated rings. The first-order valence-electron chi connectivity index (χ1n) is 10.2. The zero-order valence-corrected chi connectivity index (χ0v) is 17.6. The Balaban J connectivity index is 1.42. The molecule has 0 radical (unpaired) electrons. The Kier molecular flexibility index (Phi) is 4.84. The van der Waals surface area contributed by atoms with Crippen molar-refractivity contribution in [2.45, 2.75) is 58.2 Å². The summed E-state index contributed by atoms with van der Waals surface area (Å²) in [5, 5.41) is 0. The third-order valence-electron chi connectivity index (χ3n) is 6.47. The fraction of sp³-hybridized carbons (Fsp3) is 0.636. The zero-order valence-electron chi connectivity index (χ0n) is 17.6. The molecule has 0 N–H and O–H groups in total. The summed E-state index contributed by atoms with van der Waals surface area (Å²) < 4.78 is 24.9. The lowest BCUT2D eigenvalue weighted by molar-refractivity contribution is -0.131. The van der Waals surface area contributed by atoms with Gasteiger partial charge in [-0.3, -0.25) is 4.90 Å². The predicted octanol–water partition coefficient (Wildman–Crippen LogP) is 3.37. The van der Waals surface area contributed by atoms with Crippen molar-refractivity contribution in [2.24, 2.45) is 5.41 Å². The SMILES string of the molecule is COC(=O)c1cc(F)c2c(c1)CCN(C1CCC13CN(C(=O)OC(C)(C)C)C3)C2. The van der Waals surface area contributed by atoms with E-state index in [1.165, 1.54) is 13.2 Å². The Hall–Kier alpha value is -2.15. The van der Waals surface area contributed by atoms with Gasteiger partial charge in [-0.1, -0.05) is 0 Å². The number of halogens is 1. The number of hydrogen-bond donors (Lipinski definition) is 0. The van der Waals surface area contributed by atoms with Crippen molar-refractivity contribution in [3.63, 3.8) is 0 Å². The van der Waals surface area contributed by atoms with Crippen molar-refractivity contribution in [2.75, 3.05) is 26.7 Å². The lowest BCUT2D eigenvalue weighted by Gasteiger charge is -2.63. The van der Waals surface area contributed by atoms with Crippen molar-refractivity contribution < 1.29 is 23.5 Å². The summed E-state index contributed by atoms with van der Waals surface area (Å²) in [4.78, 5) is 28.1. The molecule has 1 amide bonds. The number of methoxy groups -OCH3 is 1. The molecule has 1 saturated carbocycles. The maximum Gasteiger partial charge on any atom is 0.410 e. The van der Waals surface area contributed by atoms with Crippen molar-refractivity contribution in [3.05, 3.63) is 34.6 Å². The highest BCUT2D eigenvalue weighted by molar-refractivity contribution is 5.89. The van der Waals surface area contributed by atoms with Crippen molar-refractivity contribution in [3.8, 4) is 0 Å². The number of likely N-dealkylation sites (tertiary alicyclic amines) is 1. The maximum absolute atomic E-state index is 14.7. The zero-order chi connectivity index (χ0) is 21.0. The Morgan fingerprint density at radius 3 is 2.55 bits per heavy atom. The number of benzene rings is 1. The summed E-state index contributed by atoms with van der Waals surface area (Å²) in [6.45, 7) is 8.41. The number of carbonyl (C=O) groups excluding carboxylic acids is 2. The highest BCUT2D eigenvalue weighted by atomic mass is 19.1. The summed E-state index contributed by atoms with van der Waals surface area (Å²) in [6, 6.07) is 3.39. The van der Waals surface area contributed by atoms with Crippen LogP contribution in [0.4, 0.5) is 9.18 Å². The summed E-state index contributed by atoms with van der Waals surface area (Å²) >= 11 is 0. The highest BCUT2D eigenvalue weighted by Crippen LogP contribution is 2.52. The predicted molar refractivity (Wildman–Crippen MR) is 105 cm³/mol. The Morgan fingerprint density at radius 1 is 1.24 bits per heavy atom. The van der Waals surface area contributed by atoms with Gasteiger partial charge in [-0.2, -0.15) is 0 Å². The number of nitrogens with zero attached hydrogens (tertiary/aromatic N) is 2. The molecule has 1 spiro atoms. The van der Waals surface area contributed by atoms with Crippen LogP contribution in [0.5, 0.6) is 0 Å². The van der Waals surface area contributed by atoms with Gasteiger partial charge in [-0.05, 0) is 57.7 Å². The van der Waals surface area contributed by atoms with Crippen LogP contribution in [0.3, 0.4) is 0 Å². The lowest BCUT2D eigenvalue weighted by Crippen LogP contribution is -2.72. The molecule has 0 bridgehead atoms. The van der Waals surface area contributed by atoms with Gasteiger partial charge in [0.25, 0.3) is 0 Å². The molecule has 3 aliphatic rings. The van der Waals surface area contributed by atoms with Gasteiger partial charge in [-0.25, -0.2) is 14.0 Å². The van der Waals surface area contributed by atoms with Gasteiger partial charge in [0.05, 0.1) is 12.7 Å². The fourth-order valence-electron chi connectivity index (χ4n) is 4.93. The quantitative estimate of drug-likeness (QED) is 0.708. The molecular formula is C22H29FN2O4. The second-order valence-corrected chi connectivity index (χ2v) is 9.56. The van der Waals surface area contributed by atoms with Crippen LogP contribution < -0.4 is 0 Å². The van der Waals surface area contributed by atoms with Crippen molar-refractivity contribution >= 4 is 12.1 Å². The molecule has 1 aliphatic carbocycles. The van der Waals surface area contributed by atoms with Gasteiger partial charge in [0, 0.05) is 43.2 Å². The summed E-state index contributed by atoms with van der Waals surface area (Å²) in [6.07, 6.45) is 2.61. The van der Waals surface area contributed by atoms with E-state index in [4.69, 9.17) is 9.47 Å². The van der Waals surface area contributed by atoms with Gasteiger partial charge >= 0.3 is 12.1 Å². The topological polar surface area (TPSA) is 59.1 Å². The van der Waals surface area contributed by atoms with Gasteiger partial charge in [0.2, 0.25) is 0 Å². The van der Waals surface area contributed by atoms with E-state index in [-0.39, 0.29) is 22.9 Å². The monoisotopic (exact) mass is 404 g/mol. The molecule has 1 unspecified atom stereocenters. The van der Waals surface area contributed by atoms with E-state index < -0.39 is 11.6 Å². The first-order chi connectivity index (χ1) is 13.6. The van der Waals surface area contributed by atoms with E-state index in [2.05, 4.69) is 4.90 Å². The van der Waals surface area contributed by atoms with Crippen molar-refractivity contribution in [1.82, 2.24) is 9.80 Å². The van der Waals surface area contributed by atoms with E-state index in [1.807, 2.05) is 20.8 Å². The summed E-state index contributed by atoms with van der Waals surface area (Å²) in [5.74, 6) is -0.853. The van der Waals surface area contributed by atoms with E-state index in [0.29, 0.717) is 37.7 Å².